The van der Waals surface area contributed by atoms with E-state index in [1.807, 2.05) is 20.8 Å². The van der Waals surface area contributed by atoms with Gasteiger partial charge in [0.25, 0.3) is 0 Å². The van der Waals surface area contributed by atoms with Gasteiger partial charge in [0.15, 0.2) is 0 Å². The lowest BCUT2D eigenvalue weighted by Crippen LogP contribution is -2.42. The van der Waals surface area contributed by atoms with Crippen LogP contribution in [0.4, 0.5) is 4.79 Å². The molecule has 1 unspecified atom stereocenters. The third kappa shape index (κ3) is 7.27. The number of amides is 1. The van der Waals surface area contributed by atoms with E-state index in [-0.39, 0.29) is 12.1 Å². The Balaban J connectivity index is 2.42. The summed E-state index contributed by atoms with van der Waals surface area (Å²) in [6.45, 7) is 11.1. The van der Waals surface area contributed by atoms with Crippen LogP contribution in [0, 0.1) is 6.92 Å². The molecule has 0 spiro atoms. The summed E-state index contributed by atoms with van der Waals surface area (Å²) in [6, 6.07) is 6.53. The van der Waals surface area contributed by atoms with Gasteiger partial charge in [-0.25, -0.2) is 4.79 Å². The van der Waals surface area contributed by atoms with Crippen LogP contribution in [0.15, 0.2) is 22.7 Å². The third-order valence-corrected chi connectivity index (χ3v) is 4.09. The fraction of sp³-hybridized carbons (Fsp3) is 0.588. The highest BCUT2D eigenvalue weighted by atomic mass is 79.9. The lowest BCUT2D eigenvalue weighted by molar-refractivity contribution is 0.0522. The van der Waals surface area contributed by atoms with Crippen molar-refractivity contribution >= 4 is 22.0 Å². The van der Waals surface area contributed by atoms with E-state index < -0.39 is 5.60 Å². The van der Waals surface area contributed by atoms with Crippen molar-refractivity contribution in [2.75, 3.05) is 6.54 Å². The highest BCUT2D eigenvalue weighted by molar-refractivity contribution is 9.10. The molecule has 1 aromatic carbocycles. The summed E-state index contributed by atoms with van der Waals surface area (Å²) >= 11 is 3.51. The van der Waals surface area contributed by atoms with Gasteiger partial charge in [-0.3, -0.25) is 0 Å². The highest BCUT2D eigenvalue weighted by Gasteiger charge is 2.16. The van der Waals surface area contributed by atoms with E-state index in [0.29, 0.717) is 6.54 Å². The Morgan fingerprint density at radius 2 is 2.05 bits per heavy atom. The Morgan fingerprint density at radius 3 is 2.59 bits per heavy atom. The maximum absolute atomic E-state index is 11.7. The molecule has 1 amide bonds. The van der Waals surface area contributed by atoms with Crippen LogP contribution in [0.1, 0.15) is 45.2 Å². The van der Waals surface area contributed by atoms with Gasteiger partial charge in [-0.05, 0) is 51.3 Å². The Bertz CT molecular complexity index is 498. The molecule has 0 aromatic heterocycles. The molecule has 2 N–H and O–H groups in total. The van der Waals surface area contributed by atoms with Gasteiger partial charge in [0.05, 0.1) is 0 Å². The molecular weight excluding hydrogens is 344 g/mol. The summed E-state index contributed by atoms with van der Waals surface area (Å²) in [7, 11) is 0. The average Bonchev–Trinajstić information content (AvgIpc) is 2.41. The van der Waals surface area contributed by atoms with Crippen molar-refractivity contribution in [2.24, 2.45) is 0 Å². The van der Waals surface area contributed by atoms with Crippen molar-refractivity contribution in [3.8, 4) is 0 Å². The minimum absolute atomic E-state index is 0.219. The number of halogens is 1. The van der Waals surface area contributed by atoms with Crippen LogP contribution >= 0.6 is 15.9 Å². The largest absolute Gasteiger partial charge is 0.444 e. The lowest BCUT2D eigenvalue weighted by atomic mass is 10.1. The Kier molecular flexibility index (Phi) is 7.36. The maximum atomic E-state index is 11.7. The van der Waals surface area contributed by atoms with Crippen molar-refractivity contribution in [2.45, 2.75) is 59.2 Å². The molecule has 0 aliphatic rings. The molecule has 1 atom stereocenters. The summed E-state index contributed by atoms with van der Waals surface area (Å²) in [6.07, 6.45) is 0.568. The second kappa shape index (κ2) is 8.53. The van der Waals surface area contributed by atoms with Gasteiger partial charge in [-0.1, -0.05) is 35.0 Å². The topological polar surface area (TPSA) is 50.4 Å². The molecule has 1 rings (SSSR count). The van der Waals surface area contributed by atoms with Gasteiger partial charge >= 0.3 is 6.09 Å². The van der Waals surface area contributed by atoms with Crippen molar-refractivity contribution in [3.05, 3.63) is 33.8 Å². The van der Waals surface area contributed by atoms with Crippen molar-refractivity contribution in [1.29, 1.82) is 0 Å². The van der Waals surface area contributed by atoms with Gasteiger partial charge in [-0.2, -0.15) is 0 Å². The molecule has 0 aliphatic heterocycles. The minimum Gasteiger partial charge on any atom is -0.444 e. The van der Waals surface area contributed by atoms with Crippen molar-refractivity contribution in [1.82, 2.24) is 10.6 Å². The Morgan fingerprint density at radius 1 is 1.36 bits per heavy atom. The van der Waals surface area contributed by atoms with Crippen LogP contribution < -0.4 is 10.6 Å². The summed E-state index contributed by atoms with van der Waals surface area (Å²) in [5, 5.41) is 6.28. The number of ether oxygens (including phenoxy) is 1. The summed E-state index contributed by atoms with van der Waals surface area (Å²) in [4.78, 5) is 11.7. The van der Waals surface area contributed by atoms with Crippen molar-refractivity contribution in [3.63, 3.8) is 0 Å². The standard InChI is InChI=1S/C17H27BrN2O2/c1-6-14(11-20-16(21)22-17(3,4)5)19-10-13-7-8-15(18)12(2)9-13/h7-9,14,19H,6,10-11H2,1-5H3,(H,20,21). The second-order valence-electron chi connectivity index (χ2n) is 6.45. The molecule has 0 aliphatic carbocycles. The minimum atomic E-state index is -0.464. The number of carbonyl (C=O) groups is 1. The SMILES string of the molecule is CCC(CNC(=O)OC(C)(C)C)NCc1ccc(Br)c(C)c1. The number of carbonyl (C=O) groups excluding carboxylic acids is 1. The molecule has 0 saturated heterocycles. The quantitative estimate of drug-likeness (QED) is 0.790. The zero-order valence-electron chi connectivity index (χ0n) is 14.1. The van der Waals surface area contributed by atoms with Crippen LogP contribution in [0.5, 0.6) is 0 Å². The molecular formula is C17H27BrN2O2. The van der Waals surface area contributed by atoms with E-state index in [2.05, 4.69) is 58.6 Å². The van der Waals surface area contributed by atoms with E-state index in [9.17, 15) is 4.79 Å². The van der Waals surface area contributed by atoms with Gasteiger partial charge in [-0.15, -0.1) is 0 Å². The van der Waals surface area contributed by atoms with Crippen LogP contribution in [-0.4, -0.2) is 24.3 Å². The van der Waals surface area contributed by atoms with Gasteiger partial charge in [0, 0.05) is 23.6 Å². The summed E-state index contributed by atoms with van der Waals surface area (Å²) < 4.78 is 6.36. The normalized spacial score (nSPS) is 12.8. The van der Waals surface area contributed by atoms with E-state index in [1.165, 1.54) is 11.1 Å². The lowest BCUT2D eigenvalue weighted by Gasteiger charge is -2.22. The summed E-state index contributed by atoms with van der Waals surface area (Å²) in [5.74, 6) is 0. The zero-order chi connectivity index (χ0) is 16.8. The fourth-order valence-corrected chi connectivity index (χ4v) is 2.21. The first-order chi connectivity index (χ1) is 10.2. The average molecular weight is 371 g/mol. The number of benzene rings is 1. The number of alkyl carbamates (subject to hydrolysis) is 1. The second-order valence-corrected chi connectivity index (χ2v) is 7.31. The Labute approximate surface area is 142 Å². The molecule has 0 radical (unpaired) electrons. The van der Waals surface area contributed by atoms with E-state index in [4.69, 9.17) is 4.74 Å². The molecule has 0 fully saturated rings. The first kappa shape index (κ1) is 19.0. The predicted molar refractivity (Wildman–Crippen MR) is 94.0 cm³/mol. The molecule has 5 heteroatoms. The van der Waals surface area contributed by atoms with Crippen LogP contribution in [0.3, 0.4) is 0 Å². The maximum Gasteiger partial charge on any atom is 0.407 e. The molecule has 0 saturated carbocycles. The monoisotopic (exact) mass is 370 g/mol. The van der Waals surface area contributed by atoms with Gasteiger partial charge < -0.3 is 15.4 Å². The van der Waals surface area contributed by atoms with E-state index in [0.717, 1.165) is 17.4 Å². The molecule has 0 bridgehead atoms. The predicted octanol–water partition coefficient (Wildman–Crippen LogP) is 4.15. The Hall–Kier alpha value is -1.07. The fourth-order valence-electron chi connectivity index (χ4n) is 1.96. The highest BCUT2D eigenvalue weighted by Crippen LogP contribution is 2.17. The smallest absolute Gasteiger partial charge is 0.407 e. The number of aryl methyl sites for hydroxylation is 1. The number of hydrogen-bond acceptors (Lipinski definition) is 3. The van der Waals surface area contributed by atoms with Gasteiger partial charge in [0.1, 0.15) is 5.60 Å². The van der Waals surface area contributed by atoms with Crippen LogP contribution in [0.25, 0.3) is 0 Å². The number of nitrogens with one attached hydrogen (secondary N) is 2. The molecule has 124 valence electrons. The third-order valence-electron chi connectivity index (χ3n) is 3.20. The molecule has 22 heavy (non-hydrogen) atoms. The van der Waals surface area contributed by atoms with Crippen LogP contribution in [-0.2, 0) is 11.3 Å². The first-order valence-electron chi connectivity index (χ1n) is 7.66. The van der Waals surface area contributed by atoms with E-state index in [1.54, 1.807) is 0 Å². The molecule has 1 aromatic rings. The van der Waals surface area contributed by atoms with Gasteiger partial charge in [0.2, 0.25) is 0 Å². The summed E-state index contributed by atoms with van der Waals surface area (Å²) in [5.41, 5.74) is 1.99. The number of rotatable bonds is 6. The van der Waals surface area contributed by atoms with Crippen molar-refractivity contribution < 1.29 is 9.53 Å². The molecule has 0 heterocycles. The first-order valence-corrected chi connectivity index (χ1v) is 8.46. The molecule has 4 nitrogen and oxygen atoms in total. The number of hydrogen-bond donors (Lipinski definition) is 2. The van der Waals surface area contributed by atoms with E-state index >= 15 is 0 Å². The van der Waals surface area contributed by atoms with Crippen LogP contribution in [0.2, 0.25) is 0 Å². The zero-order valence-corrected chi connectivity index (χ0v) is 15.7.